The van der Waals surface area contributed by atoms with Gasteiger partial charge in [0, 0.05) is 18.2 Å². The van der Waals surface area contributed by atoms with Crippen molar-refractivity contribution in [2.24, 2.45) is 0 Å². The summed E-state index contributed by atoms with van der Waals surface area (Å²) in [4.78, 5) is 15.2. The highest BCUT2D eigenvalue weighted by atomic mass is 79.9. The zero-order valence-corrected chi connectivity index (χ0v) is 14.0. The van der Waals surface area contributed by atoms with Crippen LogP contribution >= 0.6 is 27.3 Å². The maximum Gasteiger partial charge on any atom is 0.264 e. The molecule has 0 unspecified atom stereocenters. The summed E-state index contributed by atoms with van der Waals surface area (Å²) in [6.45, 7) is 2.31. The minimum Gasteiger partial charge on any atom is -0.331 e. The number of aryl methyl sites for hydroxylation is 1. The molecule has 5 heteroatoms. The molecule has 0 N–H and O–H groups in total. The van der Waals surface area contributed by atoms with Gasteiger partial charge >= 0.3 is 0 Å². The summed E-state index contributed by atoms with van der Waals surface area (Å²) in [6, 6.07) is 8.80. The average Bonchev–Trinajstić information content (AvgIpc) is 3.24. The highest BCUT2D eigenvalue weighted by Crippen LogP contribution is 2.33. The van der Waals surface area contributed by atoms with E-state index in [4.69, 9.17) is 0 Å². The van der Waals surface area contributed by atoms with E-state index in [9.17, 15) is 9.18 Å². The first kappa shape index (κ1) is 14.7. The van der Waals surface area contributed by atoms with Crippen molar-refractivity contribution in [2.75, 3.05) is 0 Å². The monoisotopic (exact) mass is 367 g/mol. The van der Waals surface area contributed by atoms with Crippen molar-refractivity contribution in [1.29, 1.82) is 0 Å². The van der Waals surface area contributed by atoms with Gasteiger partial charge in [0.1, 0.15) is 5.82 Å². The molecule has 110 valence electrons. The molecule has 1 aromatic carbocycles. The Morgan fingerprint density at radius 2 is 2.14 bits per heavy atom. The Morgan fingerprint density at radius 1 is 1.43 bits per heavy atom. The SMILES string of the molecule is Cc1cc(C(=O)N(Cc2ccccc2F)C2CC2)sc1Br. The predicted molar refractivity (Wildman–Crippen MR) is 86.1 cm³/mol. The van der Waals surface area contributed by atoms with Crippen LogP contribution in [0.5, 0.6) is 0 Å². The standard InChI is InChI=1S/C16H15BrFNOS/c1-10-8-14(21-15(10)17)16(20)19(12-6-7-12)9-11-4-2-3-5-13(11)18/h2-5,8,12H,6-7,9H2,1H3. The first-order chi connectivity index (χ1) is 10.1. The first-order valence-electron chi connectivity index (χ1n) is 6.86. The molecule has 0 bridgehead atoms. The number of amides is 1. The van der Waals surface area contributed by atoms with Crippen molar-refractivity contribution in [3.05, 3.63) is 55.9 Å². The number of nitrogens with zero attached hydrogens (tertiary/aromatic N) is 1. The van der Waals surface area contributed by atoms with E-state index in [1.165, 1.54) is 17.4 Å². The van der Waals surface area contributed by atoms with Gasteiger partial charge < -0.3 is 4.90 Å². The third-order valence-corrected chi connectivity index (χ3v) is 5.74. The lowest BCUT2D eigenvalue weighted by Crippen LogP contribution is -2.32. The largest absolute Gasteiger partial charge is 0.331 e. The lowest BCUT2D eigenvalue weighted by Gasteiger charge is -2.22. The van der Waals surface area contributed by atoms with Crippen LogP contribution in [0.3, 0.4) is 0 Å². The number of rotatable bonds is 4. The zero-order valence-electron chi connectivity index (χ0n) is 11.6. The number of halogens is 2. The second-order valence-electron chi connectivity index (χ2n) is 5.32. The summed E-state index contributed by atoms with van der Waals surface area (Å²) in [6.07, 6.45) is 2.01. The molecule has 1 aliphatic carbocycles. The molecule has 1 fully saturated rings. The normalized spacial score (nSPS) is 14.2. The van der Waals surface area contributed by atoms with Crippen molar-refractivity contribution >= 4 is 33.2 Å². The van der Waals surface area contributed by atoms with Gasteiger partial charge in [0.15, 0.2) is 0 Å². The van der Waals surface area contributed by atoms with Crippen molar-refractivity contribution in [3.8, 4) is 0 Å². The molecular formula is C16H15BrFNOS. The van der Waals surface area contributed by atoms with E-state index < -0.39 is 0 Å². The van der Waals surface area contributed by atoms with Gasteiger partial charge in [-0.2, -0.15) is 0 Å². The second kappa shape index (κ2) is 5.89. The fourth-order valence-corrected chi connectivity index (χ4v) is 3.76. The Kier molecular flexibility index (Phi) is 4.13. The molecule has 3 rings (SSSR count). The Morgan fingerprint density at radius 3 is 2.71 bits per heavy atom. The maximum atomic E-state index is 13.8. The molecule has 0 saturated heterocycles. The van der Waals surface area contributed by atoms with E-state index in [2.05, 4.69) is 15.9 Å². The molecule has 21 heavy (non-hydrogen) atoms. The zero-order chi connectivity index (χ0) is 15.0. The van der Waals surface area contributed by atoms with Crippen LogP contribution in [-0.2, 0) is 6.54 Å². The molecule has 2 aromatic rings. The third kappa shape index (κ3) is 3.19. The van der Waals surface area contributed by atoms with E-state index >= 15 is 0 Å². The van der Waals surface area contributed by atoms with Crippen LogP contribution in [0.2, 0.25) is 0 Å². The fourth-order valence-electron chi connectivity index (χ4n) is 2.27. The van der Waals surface area contributed by atoms with Gasteiger partial charge in [-0.05, 0) is 53.4 Å². The van der Waals surface area contributed by atoms with Crippen molar-refractivity contribution in [2.45, 2.75) is 32.4 Å². The van der Waals surface area contributed by atoms with Gasteiger partial charge in [0.2, 0.25) is 0 Å². The predicted octanol–water partition coefficient (Wildman–Crippen LogP) is 4.76. The Hall–Kier alpha value is -1.20. The molecule has 1 heterocycles. The fraction of sp³-hybridized carbons (Fsp3) is 0.312. The maximum absolute atomic E-state index is 13.8. The van der Waals surface area contributed by atoms with Crippen LogP contribution in [0.4, 0.5) is 4.39 Å². The molecule has 1 amide bonds. The average molecular weight is 368 g/mol. The smallest absolute Gasteiger partial charge is 0.264 e. The van der Waals surface area contributed by atoms with Crippen molar-refractivity contribution in [3.63, 3.8) is 0 Å². The molecule has 1 saturated carbocycles. The number of carbonyl (C=O) groups excluding carboxylic acids is 1. The van der Waals surface area contributed by atoms with E-state index in [1.54, 1.807) is 23.1 Å². The van der Waals surface area contributed by atoms with Crippen molar-refractivity contribution in [1.82, 2.24) is 4.90 Å². The van der Waals surface area contributed by atoms with Crippen LogP contribution in [0.1, 0.15) is 33.6 Å². The van der Waals surface area contributed by atoms with Gasteiger partial charge in [-0.25, -0.2) is 4.39 Å². The second-order valence-corrected chi connectivity index (χ2v) is 7.69. The topological polar surface area (TPSA) is 20.3 Å². The molecular weight excluding hydrogens is 353 g/mol. The number of hydrogen-bond donors (Lipinski definition) is 0. The minimum absolute atomic E-state index is 0.000414. The highest BCUT2D eigenvalue weighted by molar-refractivity contribution is 9.11. The summed E-state index contributed by atoms with van der Waals surface area (Å²) >= 11 is 4.89. The quantitative estimate of drug-likeness (QED) is 0.762. The van der Waals surface area contributed by atoms with Gasteiger partial charge in [0.25, 0.3) is 5.91 Å². The summed E-state index contributed by atoms with van der Waals surface area (Å²) in [5, 5.41) is 0. The lowest BCUT2D eigenvalue weighted by molar-refractivity contribution is 0.0733. The van der Waals surface area contributed by atoms with Crippen LogP contribution in [0.15, 0.2) is 34.1 Å². The van der Waals surface area contributed by atoms with Crippen molar-refractivity contribution < 1.29 is 9.18 Å². The van der Waals surface area contributed by atoms with Gasteiger partial charge in [0.05, 0.1) is 8.66 Å². The molecule has 0 spiro atoms. The number of benzene rings is 1. The van der Waals surface area contributed by atoms with Crippen LogP contribution in [0, 0.1) is 12.7 Å². The summed E-state index contributed by atoms with van der Waals surface area (Å²) in [7, 11) is 0. The minimum atomic E-state index is -0.250. The number of thiophene rings is 1. The Labute approximate surface area is 135 Å². The third-order valence-electron chi connectivity index (χ3n) is 3.62. The van der Waals surface area contributed by atoms with E-state index in [1.807, 2.05) is 13.0 Å². The summed E-state index contributed by atoms with van der Waals surface area (Å²) < 4.78 is 14.8. The van der Waals surface area contributed by atoms with E-state index in [0.29, 0.717) is 17.0 Å². The van der Waals surface area contributed by atoms with Crippen LogP contribution in [-0.4, -0.2) is 16.8 Å². The Bertz CT molecular complexity index is 661. The first-order valence-corrected chi connectivity index (χ1v) is 8.47. The van der Waals surface area contributed by atoms with Gasteiger partial charge in [-0.1, -0.05) is 18.2 Å². The lowest BCUT2D eigenvalue weighted by atomic mass is 10.2. The molecule has 1 aliphatic rings. The summed E-state index contributed by atoms with van der Waals surface area (Å²) in [5.74, 6) is -0.251. The molecule has 0 radical (unpaired) electrons. The summed E-state index contributed by atoms with van der Waals surface area (Å²) in [5.41, 5.74) is 1.63. The highest BCUT2D eigenvalue weighted by Gasteiger charge is 2.34. The van der Waals surface area contributed by atoms with Gasteiger partial charge in [-0.3, -0.25) is 4.79 Å². The van der Waals surface area contributed by atoms with E-state index in [-0.39, 0.29) is 17.8 Å². The molecule has 1 aromatic heterocycles. The van der Waals surface area contributed by atoms with Crippen LogP contribution < -0.4 is 0 Å². The number of carbonyl (C=O) groups is 1. The Balaban J connectivity index is 1.85. The molecule has 0 atom stereocenters. The van der Waals surface area contributed by atoms with E-state index in [0.717, 1.165) is 22.2 Å². The van der Waals surface area contributed by atoms with Crippen LogP contribution in [0.25, 0.3) is 0 Å². The number of hydrogen-bond acceptors (Lipinski definition) is 2. The molecule has 0 aliphatic heterocycles. The van der Waals surface area contributed by atoms with Gasteiger partial charge in [-0.15, -0.1) is 11.3 Å². The molecule has 2 nitrogen and oxygen atoms in total.